The van der Waals surface area contributed by atoms with Crippen LogP contribution in [0.3, 0.4) is 0 Å². The highest BCUT2D eigenvalue weighted by Gasteiger charge is 1.93. The van der Waals surface area contributed by atoms with E-state index in [1.54, 1.807) is 0 Å². The summed E-state index contributed by atoms with van der Waals surface area (Å²) in [6.45, 7) is 12.7. The molecule has 0 aliphatic carbocycles. The van der Waals surface area contributed by atoms with E-state index < -0.39 is 0 Å². The van der Waals surface area contributed by atoms with Crippen molar-refractivity contribution in [3.8, 4) is 0 Å². The van der Waals surface area contributed by atoms with E-state index >= 15 is 0 Å². The third-order valence-electron chi connectivity index (χ3n) is 2.50. The molecule has 0 bridgehead atoms. The summed E-state index contributed by atoms with van der Waals surface area (Å²) in [5, 5.41) is 0. The van der Waals surface area contributed by atoms with Crippen LogP contribution in [0.5, 0.6) is 0 Å². The third kappa shape index (κ3) is 17.2. The van der Waals surface area contributed by atoms with Gasteiger partial charge < -0.3 is 4.90 Å². The molecule has 0 heterocycles. The highest BCUT2D eigenvalue weighted by atomic mass is 15.1. The molecule has 0 atom stereocenters. The normalized spacial score (nSPS) is 8.58. The number of hydrogen-bond donors (Lipinski definition) is 0. The van der Waals surface area contributed by atoms with E-state index in [2.05, 4.69) is 71.0 Å². The Morgan fingerprint density at radius 3 is 1.26 bits per heavy atom. The second-order valence-electron chi connectivity index (χ2n) is 4.62. The van der Waals surface area contributed by atoms with Gasteiger partial charge in [-0.05, 0) is 39.4 Å². The fourth-order valence-corrected chi connectivity index (χ4v) is 0.838. The third-order valence-corrected chi connectivity index (χ3v) is 2.50. The molecule has 0 radical (unpaired) electrons. The van der Waals surface area contributed by atoms with Gasteiger partial charge in [-0.1, -0.05) is 72.9 Å². The van der Waals surface area contributed by atoms with Crippen molar-refractivity contribution in [3.05, 3.63) is 35.9 Å². The summed E-state index contributed by atoms with van der Waals surface area (Å²) in [6.07, 6.45) is 0. The Balaban J connectivity index is -0.000000101. The molecule has 1 heteroatoms. The lowest BCUT2D eigenvalue weighted by atomic mass is 10.0. The molecule has 0 aliphatic rings. The first kappa shape index (κ1) is 26.7. The van der Waals surface area contributed by atoms with E-state index in [0.717, 1.165) is 0 Å². The van der Waals surface area contributed by atoms with Crippen molar-refractivity contribution in [1.29, 1.82) is 0 Å². The standard InChI is InChI=1S/C9H12.C5H13N.C2H6.2CH4/c1-8(2)9-6-4-3-5-7-9;1-5(2)6(3)4;1-2;;/h3-8H,1-2H3;5H,1-4H3;1-2H3;2*1H4. The molecule has 0 fully saturated rings. The fraction of sp³-hybridized carbons (Fsp3) is 0.667. The summed E-state index contributed by atoms with van der Waals surface area (Å²) in [7, 11) is 4.15. The van der Waals surface area contributed by atoms with Crippen LogP contribution in [0.4, 0.5) is 0 Å². The molecular formula is C18H39N. The molecule has 0 saturated heterocycles. The van der Waals surface area contributed by atoms with Gasteiger partial charge in [-0.25, -0.2) is 0 Å². The van der Waals surface area contributed by atoms with Gasteiger partial charge in [0.25, 0.3) is 0 Å². The van der Waals surface area contributed by atoms with E-state index in [-0.39, 0.29) is 14.9 Å². The van der Waals surface area contributed by atoms with Crippen LogP contribution >= 0.6 is 0 Å². The molecule has 19 heavy (non-hydrogen) atoms. The smallest absolute Gasteiger partial charge is 0.00324 e. The van der Waals surface area contributed by atoms with E-state index in [9.17, 15) is 0 Å². The Morgan fingerprint density at radius 1 is 0.789 bits per heavy atom. The van der Waals surface area contributed by atoms with Gasteiger partial charge in [0.2, 0.25) is 0 Å². The van der Waals surface area contributed by atoms with Crippen molar-refractivity contribution in [2.75, 3.05) is 14.1 Å². The largest absolute Gasteiger partial charge is 0.307 e. The minimum absolute atomic E-state index is 0. The first-order valence-electron chi connectivity index (χ1n) is 6.66. The quantitative estimate of drug-likeness (QED) is 0.630. The molecular weight excluding hydrogens is 230 g/mol. The number of benzene rings is 1. The first-order chi connectivity index (χ1) is 7.95. The lowest BCUT2D eigenvalue weighted by molar-refractivity contribution is 0.335. The maximum Gasteiger partial charge on any atom is 0.00324 e. The number of nitrogens with zero attached hydrogens (tertiary/aromatic N) is 1. The number of hydrogen-bond acceptors (Lipinski definition) is 1. The Bertz CT molecular complexity index is 231. The Morgan fingerprint density at radius 2 is 1.11 bits per heavy atom. The first-order valence-corrected chi connectivity index (χ1v) is 6.66. The SMILES string of the molecule is C.C.CC.CC(C)N(C)C.CC(C)c1ccccc1. The minimum atomic E-state index is 0. The van der Waals surface area contributed by atoms with Gasteiger partial charge in [-0.3, -0.25) is 0 Å². The molecule has 0 aromatic heterocycles. The van der Waals surface area contributed by atoms with Gasteiger partial charge in [0.1, 0.15) is 0 Å². The van der Waals surface area contributed by atoms with Crippen LogP contribution < -0.4 is 0 Å². The molecule has 1 aromatic rings. The van der Waals surface area contributed by atoms with E-state index in [0.29, 0.717) is 12.0 Å². The molecule has 0 spiro atoms. The maximum atomic E-state index is 2.20. The van der Waals surface area contributed by atoms with Crippen LogP contribution in [0.25, 0.3) is 0 Å². The van der Waals surface area contributed by atoms with Crippen LogP contribution in [0, 0.1) is 0 Å². The Hall–Kier alpha value is -0.820. The maximum absolute atomic E-state index is 2.20. The van der Waals surface area contributed by atoms with Crippen molar-refractivity contribution in [1.82, 2.24) is 4.90 Å². The molecule has 0 aliphatic heterocycles. The lowest BCUT2D eigenvalue weighted by Gasteiger charge is -2.12. The topological polar surface area (TPSA) is 3.24 Å². The zero-order valence-electron chi connectivity index (χ0n) is 13.0. The summed E-state index contributed by atoms with van der Waals surface area (Å²) in [4.78, 5) is 2.17. The molecule has 116 valence electrons. The zero-order valence-corrected chi connectivity index (χ0v) is 13.0. The second kappa shape index (κ2) is 17.2. The molecule has 0 saturated carbocycles. The van der Waals surface area contributed by atoms with E-state index in [1.165, 1.54) is 5.56 Å². The molecule has 1 aromatic carbocycles. The summed E-state index contributed by atoms with van der Waals surface area (Å²) in [5.41, 5.74) is 1.41. The highest BCUT2D eigenvalue weighted by molar-refractivity contribution is 5.17. The molecule has 1 rings (SSSR count). The number of rotatable bonds is 2. The van der Waals surface area contributed by atoms with Gasteiger partial charge in [0.15, 0.2) is 0 Å². The molecule has 1 nitrogen and oxygen atoms in total. The summed E-state index contributed by atoms with van der Waals surface area (Å²) in [6, 6.07) is 11.2. The Kier molecular flexibility index (Phi) is 24.1. The van der Waals surface area contributed by atoms with Crippen LogP contribution in [0.1, 0.15) is 67.9 Å². The van der Waals surface area contributed by atoms with E-state index in [4.69, 9.17) is 0 Å². The summed E-state index contributed by atoms with van der Waals surface area (Å²) < 4.78 is 0. The van der Waals surface area contributed by atoms with E-state index in [1.807, 2.05) is 19.9 Å². The van der Waals surface area contributed by atoms with Crippen molar-refractivity contribution in [2.45, 2.75) is 68.4 Å². The average Bonchev–Trinajstić information content (AvgIpc) is 2.33. The predicted octanol–water partition coefficient (Wildman–Crippen LogP) is 6.06. The second-order valence-corrected chi connectivity index (χ2v) is 4.62. The van der Waals surface area contributed by atoms with Gasteiger partial charge in [-0.15, -0.1) is 0 Å². The van der Waals surface area contributed by atoms with Crippen molar-refractivity contribution < 1.29 is 0 Å². The van der Waals surface area contributed by atoms with Crippen LogP contribution in [0.2, 0.25) is 0 Å². The molecule has 0 N–H and O–H groups in total. The van der Waals surface area contributed by atoms with Crippen LogP contribution in [-0.4, -0.2) is 25.0 Å². The summed E-state index contributed by atoms with van der Waals surface area (Å²) >= 11 is 0. The lowest BCUT2D eigenvalue weighted by Crippen LogP contribution is -2.20. The molecule has 0 amide bonds. The van der Waals surface area contributed by atoms with Gasteiger partial charge in [-0.2, -0.15) is 0 Å². The summed E-state index contributed by atoms with van der Waals surface area (Å²) in [5.74, 6) is 0.659. The molecule has 0 unspecified atom stereocenters. The van der Waals surface area contributed by atoms with Crippen LogP contribution in [0.15, 0.2) is 30.3 Å². The van der Waals surface area contributed by atoms with Crippen molar-refractivity contribution in [2.24, 2.45) is 0 Å². The monoisotopic (exact) mass is 269 g/mol. The van der Waals surface area contributed by atoms with Gasteiger partial charge >= 0.3 is 0 Å². The minimum Gasteiger partial charge on any atom is -0.307 e. The van der Waals surface area contributed by atoms with Crippen molar-refractivity contribution in [3.63, 3.8) is 0 Å². The van der Waals surface area contributed by atoms with Crippen LogP contribution in [-0.2, 0) is 0 Å². The fourth-order valence-electron chi connectivity index (χ4n) is 0.838. The highest BCUT2D eigenvalue weighted by Crippen LogP contribution is 2.11. The Labute approximate surface area is 124 Å². The zero-order chi connectivity index (χ0) is 13.8. The average molecular weight is 270 g/mol. The van der Waals surface area contributed by atoms with Gasteiger partial charge in [0, 0.05) is 6.04 Å². The predicted molar refractivity (Wildman–Crippen MR) is 94.2 cm³/mol. The van der Waals surface area contributed by atoms with Gasteiger partial charge in [0.05, 0.1) is 0 Å². The van der Waals surface area contributed by atoms with Crippen molar-refractivity contribution >= 4 is 0 Å².